The van der Waals surface area contributed by atoms with Gasteiger partial charge in [0, 0.05) is 30.3 Å². The van der Waals surface area contributed by atoms with E-state index in [4.69, 9.17) is 9.47 Å². The van der Waals surface area contributed by atoms with Crippen molar-refractivity contribution in [1.29, 1.82) is 0 Å². The maximum atomic E-state index is 11.8. The van der Waals surface area contributed by atoms with Crippen LogP contribution in [-0.4, -0.2) is 32.9 Å². The number of hydrogen-bond donors (Lipinski definition) is 2. The Bertz CT molecular complexity index is 573. The molecule has 1 heterocycles. The van der Waals surface area contributed by atoms with Gasteiger partial charge in [0.05, 0.1) is 6.61 Å². The fourth-order valence-electron chi connectivity index (χ4n) is 1.84. The van der Waals surface area contributed by atoms with Crippen LogP contribution in [0.2, 0.25) is 0 Å². The zero-order valence-electron chi connectivity index (χ0n) is 12.5. The number of anilines is 1. The summed E-state index contributed by atoms with van der Waals surface area (Å²) in [5.74, 6) is 0.702. The van der Waals surface area contributed by atoms with Gasteiger partial charge < -0.3 is 20.1 Å². The van der Waals surface area contributed by atoms with Gasteiger partial charge >= 0.3 is 6.03 Å². The number of carbonyl (C=O) groups excluding carboxylic acids is 1. The Hall–Kier alpha value is -2.05. The van der Waals surface area contributed by atoms with E-state index in [0.717, 1.165) is 6.42 Å². The fourth-order valence-corrected chi connectivity index (χ4v) is 2.54. The molecule has 0 aliphatic carbocycles. The molecular weight excluding hydrogens is 300 g/mol. The van der Waals surface area contributed by atoms with Crippen LogP contribution in [0.3, 0.4) is 0 Å². The highest BCUT2D eigenvalue weighted by atomic mass is 32.1. The molecule has 0 aliphatic heterocycles. The molecule has 2 N–H and O–H groups in total. The monoisotopic (exact) mass is 320 g/mol. The molecule has 0 spiro atoms. The van der Waals surface area contributed by atoms with E-state index in [2.05, 4.69) is 16.7 Å². The first kappa shape index (κ1) is 16.3. The Balaban J connectivity index is 1.74. The summed E-state index contributed by atoms with van der Waals surface area (Å²) in [6.45, 7) is 1.62. The van der Waals surface area contributed by atoms with Crippen molar-refractivity contribution in [1.82, 2.24) is 5.32 Å². The highest BCUT2D eigenvalue weighted by molar-refractivity contribution is 7.09. The lowest BCUT2D eigenvalue weighted by molar-refractivity contribution is 0.146. The second-order valence-corrected chi connectivity index (χ2v) is 5.61. The normalized spacial score (nSPS) is 10.2. The van der Waals surface area contributed by atoms with Gasteiger partial charge in [-0.1, -0.05) is 12.1 Å². The second kappa shape index (κ2) is 9.07. The molecule has 5 nitrogen and oxygen atoms in total. The quantitative estimate of drug-likeness (QED) is 0.735. The van der Waals surface area contributed by atoms with Crippen LogP contribution >= 0.6 is 11.3 Å². The van der Waals surface area contributed by atoms with E-state index in [0.29, 0.717) is 31.2 Å². The molecule has 0 unspecified atom stereocenters. The molecule has 2 rings (SSSR count). The average molecular weight is 320 g/mol. The Morgan fingerprint density at radius 2 is 2.14 bits per heavy atom. The van der Waals surface area contributed by atoms with Crippen LogP contribution in [-0.2, 0) is 11.2 Å². The molecule has 0 aliphatic rings. The van der Waals surface area contributed by atoms with Gasteiger partial charge in [0.1, 0.15) is 12.4 Å². The van der Waals surface area contributed by atoms with E-state index in [-0.39, 0.29) is 6.03 Å². The third-order valence-electron chi connectivity index (χ3n) is 2.89. The zero-order valence-corrected chi connectivity index (χ0v) is 13.3. The summed E-state index contributed by atoms with van der Waals surface area (Å²) in [5.41, 5.74) is 0.698. The minimum Gasteiger partial charge on any atom is -0.491 e. The van der Waals surface area contributed by atoms with Gasteiger partial charge in [-0.05, 0) is 30.0 Å². The SMILES string of the molecule is COCCOc1cccc(NC(=O)NCCc2cccs2)c1. The van der Waals surface area contributed by atoms with Gasteiger partial charge in [-0.25, -0.2) is 4.79 Å². The molecular formula is C16H20N2O3S. The van der Waals surface area contributed by atoms with E-state index in [9.17, 15) is 4.79 Å². The number of benzene rings is 1. The second-order valence-electron chi connectivity index (χ2n) is 4.58. The van der Waals surface area contributed by atoms with E-state index in [1.165, 1.54) is 4.88 Å². The third kappa shape index (κ3) is 5.75. The predicted octanol–water partition coefficient (Wildman–Crippen LogP) is 3.14. The molecule has 0 saturated heterocycles. The van der Waals surface area contributed by atoms with Gasteiger partial charge in [0.15, 0.2) is 0 Å². The van der Waals surface area contributed by atoms with Crippen molar-refractivity contribution in [3.8, 4) is 5.75 Å². The zero-order chi connectivity index (χ0) is 15.6. The van der Waals surface area contributed by atoms with Crippen molar-refractivity contribution >= 4 is 23.1 Å². The first-order chi connectivity index (χ1) is 10.8. The number of carbonyl (C=O) groups is 1. The third-order valence-corrected chi connectivity index (χ3v) is 3.82. The van der Waals surface area contributed by atoms with Crippen molar-refractivity contribution in [2.75, 3.05) is 32.2 Å². The number of rotatable bonds is 8. The largest absolute Gasteiger partial charge is 0.491 e. The topological polar surface area (TPSA) is 59.6 Å². The van der Waals surface area contributed by atoms with Gasteiger partial charge in [0.2, 0.25) is 0 Å². The van der Waals surface area contributed by atoms with Crippen LogP contribution in [0.4, 0.5) is 10.5 Å². The molecule has 0 saturated carbocycles. The Labute approximate surface area is 134 Å². The van der Waals surface area contributed by atoms with Crippen LogP contribution in [0.1, 0.15) is 4.88 Å². The average Bonchev–Trinajstić information content (AvgIpc) is 3.01. The van der Waals surface area contributed by atoms with Crippen molar-refractivity contribution in [2.24, 2.45) is 0 Å². The standard InChI is InChI=1S/C16H20N2O3S/c1-20-9-10-21-14-5-2-4-13(12-14)18-16(19)17-8-7-15-6-3-11-22-15/h2-6,11-12H,7-10H2,1H3,(H2,17,18,19). The van der Waals surface area contributed by atoms with Gasteiger partial charge in [-0.15, -0.1) is 11.3 Å². The van der Waals surface area contributed by atoms with Crippen LogP contribution in [0, 0.1) is 0 Å². The fraction of sp³-hybridized carbons (Fsp3) is 0.312. The summed E-state index contributed by atoms with van der Waals surface area (Å²) in [4.78, 5) is 13.1. The smallest absolute Gasteiger partial charge is 0.319 e. The summed E-state index contributed by atoms with van der Waals surface area (Å²) in [5, 5.41) is 7.66. The van der Waals surface area contributed by atoms with Gasteiger partial charge in [0.25, 0.3) is 0 Å². The van der Waals surface area contributed by atoms with Crippen molar-refractivity contribution < 1.29 is 14.3 Å². The molecule has 118 valence electrons. The molecule has 2 aromatic rings. The van der Waals surface area contributed by atoms with Crippen molar-refractivity contribution in [2.45, 2.75) is 6.42 Å². The summed E-state index contributed by atoms with van der Waals surface area (Å²) in [7, 11) is 1.63. The van der Waals surface area contributed by atoms with Crippen molar-refractivity contribution in [3.63, 3.8) is 0 Å². The highest BCUT2D eigenvalue weighted by Crippen LogP contribution is 2.17. The van der Waals surface area contributed by atoms with Crippen LogP contribution in [0.5, 0.6) is 5.75 Å². The van der Waals surface area contributed by atoms with E-state index in [1.54, 1.807) is 24.5 Å². The predicted molar refractivity (Wildman–Crippen MR) is 88.9 cm³/mol. The lowest BCUT2D eigenvalue weighted by Gasteiger charge is -2.09. The maximum absolute atomic E-state index is 11.8. The minimum absolute atomic E-state index is 0.217. The summed E-state index contributed by atoms with van der Waals surface area (Å²) >= 11 is 1.69. The Morgan fingerprint density at radius 1 is 1.23 bits per heavy atom. The number of thiophene rings is 1. The van der Waals surface area contributed by atoms with E-state index in [1.807, 2.05) is 29.6 Å². The Kier molecular flexibility index (Phi) is 6.73. The molecule has 1 aromatic carbocycles. The Morgan fingerprint density at radius 3 is 2.91 bits per heavy atom. The van der Waals surface area contributed by atoms with Gasteiger partial charge in [-0.2, -0.15) is 0 Å². The molecule has 6 heteroatoms. The molecule has 0 fully saturated rings. The molecule has 0 bridgehead atoms. The number of amides is 2. The first-order valence-corrected chi connectivity index (χ1v) is 7.95. The summed E-state index contributed by atoms with van der Waals surface area (Å²) < 4.78 is 10.4. The molecule has 2 amide bonds. The van der Waals surface area contributed by atoms with Crippen molar-refractivity contribution in [3.05, 3.63) is 46.7 Å². The number of methoxy groups -OCH3 is 1. The molecule has 0 atom stereocenters. The molecule has 1 aromatic heterocycles. The summed E-state index contributed by atoms with van der Waals surface area (Å²) in [6.07, 6.45) is 0.839. The first-order valence-electron chi connectivity index (χ1n) is 7.07. The summed E-state index contributed by atoms with van der Waals surface area (Å²) in [6, 6.07) is 11.1. The highest BCUT2D eigenvalue weighted by Gasteiger charge is 2.03. The molecule has 22 heavy (non-hydrogen) atoms. The van der Waals surface area contributed by atoms with Crippen LogP contribution < -0.4 is 15.4 Å². The number of ether oxygens (including phenoxy) is 2. The van der Waals surface area contributed by atoms with Gasteiger partial charge in [-0.3, -0.25) is 0 Å². The van der Waals surface area contributed by atoms with E-state index < -0.39 is 0 Å². The van der Waals surface area contributed by atoms with E-state index >= 15 is 0 Å². The minimum atomic E-state index is -0.217. The number of hydrogen-bond acceptors (Lipinski definition) is 4. The molecule has 0 radical (unpaired) electrons. The lowest BCUT2D eigenvalue weighted by atomic mass is 10.3. The van der Waals surface area contributed by atoms with Crippen LogP contribution in [0.15, 0.2) is 41.8 Å². The lowest BCUT2D eigenvalue weighted by Crippen LogP contribution is -2.30. The van der Waals surface area contributed by atoms with Crippen LogP contribution in [0.25, 0.3) is 0 Å². The number of urea groups is 1. The maximum Gasteiger partial charge on any atom is 0.319 e. The number of nitrogens with one attached hydrogen (secondary N) is 2.